The van der Waals surface area contributed by atoms with Gasteiger partial charge in [0.15, 0.2) is 0 Å². The maximum absolute atomic E-state index is 12.3. The minimum Gasteiger partial charge on any atom is -0.444 e. The molecule has 1 aromatic heterocycles. The van der Waals surface area contributed by atoms with Crippen LogP contribution in [0.2, 0.25) is 0 Å². The van der Waals surface area contributed by atoms with E-state index in [2.05, 4.69) is 45.5 Å². The van der Waals surface area contributed by atoms with E-state index in [1.807, 2.05) is 39.1 Å². The lowest BCUT2D eigenvalue weighted by atomic mass is 9.96. The van der Waals surface area contributed by atoms with E-state index in [0.29, 0.717) is 0 Å². The molecule has 5 heteroatoms. The summed E-state index contributed by atoms with van der Waals surface area (Å²) in [4.78, 5) is 18.9. The normalized spacial score (nSPS) is 20.7. The first-order valence-corrected chi connectivity index (χ1v) is 9.06. The van der Waals surface area contributed by atoms with Crippen molar-refractivity contribution in [2.75, 3.05) is 13.1 Å². The van der Waals surface area contributed by atoms with Gasteiger partial charge in [-0.15, -0.1) is 0 Å². The monoisotopic (exact) mass is 353 g/mol. The van der Waals surface area contributed by atoms with E-state index in [9.17, 15) is 4.79 Å². The zero-order valence-corrected chi connectivity index (χ0v) is 15.7. The van der Waals surface area contributed by atoms with Crippen molar-refractivity contribution in [1.82, 2.24) is 15.2 Å². The van der Waals surface area contributed by atoms with E-state index in [1.54, 1.807) is 6.20 Å². The summed E-state index contributed by atoms with van der Waals surface area (Å²) >= 11 is 0. The first-order valence-electron chi connectivity index (χ1n) is 9.06. The first-order chi connectivity index (χ1) is 12.4. The van der Waals surface area contributed by atoms with Crippen molar-refractivity contribution in [3.8, 4) is 0 Å². The van der Waals surface area contributed by atoms with Crippen LogP contribution in [0.5, 0.6) is 0 Å². The van der Waals surface area contributed by atoms with E-state index in [1.165, 1.54) is 5.56 Å². The van der Waals surface area contributed by atoms with E-state index < -0.39 is 5.60 Å². The Bertz CT molecular complexity index is 713. The third-order valence-electron chi connectivity index (χ3n) is 4.46. The van der Waals surface area contributed by atoms with Crippen molar-refractivity contribution in [1.29, 1.82) is 0 Å². The number of nitrogens with zero attached hydrogens (tertiary/aromatic N) is 2. The van der Waals surface area contributed by atoms with Crippen molar-refractivity contribution >= 4 is 6.09 Å². The van der Waals surface area contributed by atoms with E-state index in [-0.39, 0.29) is 18.1 Å². The number of rotatable bonds is 4. The molecule has 1 aromatic carbocycles. The standard InChI is InChI=1S/C21H27N3O2/c1-21(2,3)26-20(25)23-19-15-24(13-16-8-5-4-6-9-16)14-18(19)17-10-7-11-22-12-17/h4-12,18-19H,13-15H2,1-3H3,(H,23,25). The number of ether oxygens (including phenoxy) is 1. The van der Waals surface area contributed by atoms with Crippen LogP contribution >= 0.6 is 0 Å². The summed E-state index contributed by atoms with van der Waals surface area (Å²) in [5.74, 6) is 0.194. The summed E-state index contributed by atoms with van der Waals surface area (Å²) in [6, 6.07) is 14.4. The summed E-state index contributed by atoms with van der Waals surface area (Å²) in [7, 11) is 0. The van der Waals surface area contributed by atoms with Crippen molar-refractivity contribution < 1.29 is 9.53 Å². The SMILES string of the molecule is CC(C)(C)OC(=O)NC1CN(Cc2ccccc2)CC1c1cccnc1. The van der Waals surface area contributed by atoms with Gasteiger partial charge in [0.1, 0.15) is 5.60 Å². The number of nitrogens with one attached hydrogen (secondary N) is 1. The third kappa shape index (κ3) is 5.05. The highest BCUT2D eigenvalue weighted by Crippen LogP contribution is 2.28. The van der Waals surface area contributed by atoms with Crippen LogP contribution < -0.4 is 5.32 Å². The van der Waals surface area contributed by atoms with Crippen molar-refractivity contribution in [3.63, 3.8) is 0 Å². The van der Waals surface area contributed by atoms with Gasteiger partial charge >= 0.3 is 6.09 Å². The lowest BCUT2D eigenvalue weighted by Gasteiger charge is -2.24. The molecular formula is C21H27N3O2. The predicted octanol–water partition coefficient (Wildman–Crippen LogP) is 3.57. The second-order valence-corrected chi connectivity index (χ2v) is 7.83. The van der Waals surface area contributed by atoms with Crippen LogP contribution in [0.25, 0.3) is 0 Å². The fraction of sp³-hybridized carbons (Fsp3) is 0.429. The van der Waals surface area contributed by atoms with Crippen LogP contribution in [0.3, 0.4) is 0 Å². The molecule has 1 N–H and O–H groups in total. The molecule has 2 aromatic rings. The Morgan fingerprint density at radius 2 is 1.96 bits per heavy atom. The third-order valence-corrected chi connectivity index (χ3v) is 4.46. The molecule has 1 aliphatic heterocycles. The number of aromatic nitrogens is 1. The molecule has 1 amide bonds. The fourth-order valence-electron chi connectivity index (χ4n) is 3.39. The summed E-state index contributed by atoms with van der Waals surface area (Å²) in [5, 5.41) is 3.07. The minimum absolute atomic E-state index is 0.00207. The number of hydrogen-bond donors (Lipinski definition) is 1. The largest absolute Gasteiger partial charge is 0.444 e. The van der Waals surface area contributed by atoms with Gasteiger partial charge in [0.2, 0.25) is 0 Å². The van der Waals surface area contributed by atoms with Crippen LogP contribution in [-0.4, -0.2) is 40.7 Å². The number of amides is 1. The van der Waals surface area contributed by atoms with Gasteiger partial charge in [-0.1, -0.05) is 36.4 Å². The van der Waals surface area contributed by atoms with Gasteiger partial charge in [0.25, 0.3) is 0 Å². The molecule has 0 spiro atoms. The van der Waals surface area contributed by atoms with Gasteiger partial charge in [0.05, 0.1) is 6.04 Å². The molecule has 2 atom stereocenters. The molecule has 0 bridgehead atoms. The summed E-state index contributed by atoms with van der Waals surface area (Å²) in [6.45, 7) is 8.16. The molecular weight excluding hydrogens is 326 g/mol. The molecule has 1 saturated heterocycles. The molecule has 5 nitrogen and oxygen atoms in total. The number of carbonyl (C=O) groups is 1. The predicted molar refractivity (Wildman–Crippen MR) is 102 cm³/mol. The Kier molecular flexibility index (Phi) is 5.57. The van der Waals surface area contributed by atoms with E-state index in [4.69, 9.17) is 4.74 Å². The molecule has 26 heavy (non-hydrogen) atoms. The number of pyridine rings is 1. The van der Waals surface area contributed by atoms with E-state index >= 15 is 0 Å². The molecule has 2 heterocycles. The molecule has 1 aliphatic rings. The second-order valence-electron chi connectivity index (χ2n) is 7.83. The molecule has 2 unspecified atom stereocenters. The zero-order valence-electron chi connectivity index (χ0n) is 15.7. The van der Waals surface area contributed by atoms with Crippen LogP contribution in [0.15, 0.2) is 54.9 Å². The first kappa shape index (κ1) is 18.4. The molecule has 138 valence electrons. The lowest BCUT2D eigenvalue weighted by molar-refractivity contribution is 0.0502. The number of likely N-dealkylation sites (tertiary alicyclic amines) is 1. The minimum atomic E-state index is -0.504. The lowest BCUT2D eigenvalue weighted by Crippen LogP contribution is -2.42. The van der Waals surface area contributed by atoms with Gasteiger partial charge in [0, 0.05) is 37.9 Å². The topological polar surface area (TPSA) is 54.5 Å². The Morgan fingerprint density at radius 1 is 1.19 bits per heavy atom. The van der Waals surface area contributed by atoms with E-state index in [0.717, 1.165) is 25.2 Å². The average Bonchev–Trinajstić information content (AvgIpc) is 2.97. The number of hydrogen-bond acceptors (Lipinski definition) is 4. The number of carbonyl (C=O) groups excluding carboxylic acids is 1. The number of alkyl carbamates (subject to hydrolysis) is 1. The molecule has 0 aliphatic carbocycles. The van der Waals surface area contributed by atoms with Crippen LogP contribution in [0.4, 0.5) is 4.79 Å². The summed E-state index contributed by atoms with van der Waals surface area (Å²) in [5.41, 5.74) is 1.91. The molecule has 1 fully saturated rings. The van der Waals surface area contributed by atoms with Crippen molar-refractivity contribution in [3.05, 3.63) is 66.0 Å². The highest BCUT2D eigenvalue weighted by atomic mass is 16.6. The average molecular weight is 353 g/mol. The van der Waals surface area contributed by atoms with Crippen LogP contribution in [-0.2, 0) is 11.3 Å². The second kappa shape index (κ2) is 7.87. The molecule has 0 radical (unpaired) electrons. The van der Waals surface area contributed by atoms with Gasteiger partial charge in [-0.2, -0.15) is 0 Å². The van der Waals surface area contributed by atoms with Crippen molar-refractivity contribution in [2.24, 2.45) is 0 Å². The maximum atomic E-state index is 12.3. The Hall–Kier alpha value is -2.40. The van der Waals surface area contributed by atoms with Crippen molar-refractivity contribution in [2.45, 2.75) is 44.9 Å². The van der Waals surface area contributed by atoms with Crippen LogP contribution in [0.1, 0.15) is 37.8 Å². The van der Waals surface area contributed by atoms with Gasteiger partial charge in [-0.25, -0.2) is 4.79 Å². The Labute approximate surface area is 155 Å². The van der Waals surface area contributed by atoms with Gasteiger partial charge in [-0.3, -0.25) is 9.88 Å². The highest BCUT2D eigenvalue weighted by molar-refractivity contribution is 5.68. The Morgan fingerprint density at radius 3 is 2.62 bits per heavy atom. The quantitative estimate of drug-likeness (QED) is 0.913. The van der Waals surface area contributed by atoms with Crippen LogP contribution in [0, 0.1) is 0 Å². The maximum Gasteiger partial charge on any atom is 0.407 e. The fourth-order valence-corrected chi connectivity index (χ4v) is 3.39. The zero-order chi connectivity index (χ0) is 18.6. The highest BCUT2D eigenvalue weighted by Gasteiger charge is 2.35. The smallest absolute Gasteiger partial charge is 0.407 e. The molecule has 3 rings (SSSR count). The Balaban J connectivity index is 1.72. The van der Waals surface area contributed by atoms with Gasteiger partial charge in [-0.05, 0) is 38.0 Å². The molecule has 0 saturated carbocycles. The van der Waals surface area contributed by atoms with Gasteiger partial charge < -0.3 is 10.1 Å². The summed E-state index contributed by atoms with van der Waals surface area (Å²) in [6.07, 6.45) is 3.30. The summed E-state index contributed by atoms with van der Waals surface area (Å²) < 4.78 is 5.45. The number of benzene rings is 1.